The highest BCUT2D eigenvalue weighted by atomic mass is 16.6. The van der Waals surface area contributed by atoms with Crippen LogP contribution < -0.4 is 5.32 Å². The van der Waals surface area contributed by atoms with Gasteiger partial charge in [-0.2, -0.15) is 0 Å². The zero-order valence-corrected chi connectivity index (χ0v) is 9.72. The maximum atomic E-state index is 11.4. The summed E-state index contributed by atoms with van der Waals surface area (Å²) in [6, 6.07) is 0. The van der Waals surface area contributed by atoms with Crippen molar-refractivity contribution in [2.24, 2.45) is 0 Å². The molecule has 0 bridgehead atoms. The van der Waals surface area contributed by atoms with Crippen LogP contribution in [0.15, 0.2) is 12.5 Å². The van der Waals surface area contributed by atoms with E-state index < -0.39 is 17.7 Å². The highest BCUT2D eigenvalue weighted by Crippen LogP contribution is 2.13. The number of ether oxygens (including phenoxy) is 1. The molecule has 92 valence electrons. The summed E-state index contributed by atoms with van der Waals surface area (Å²) >= 11 is 0. The molecule has 0 aliphatic rings. The topological polar surface area (TPSA) is 101 Å². The zero-order valence-electron chi connectivity index (χ0n) is 9.72. The van der Waals surface area contributed by atoms with Gasteiger partial charge in [0.15, 0.2) is 5.69 Å². The molecule has 0 saturated carbocycles. The van der Waals surface area contributed by atoms with Gasteiger partial charge in [0.05, 0.1) is 11.9 Å². The van der Waals surface area contributed by atoms with E-state index in [4.69, 9.17) is 9.84 Å². The summed E-state index contributed by atoms with van der Waals surface area (Å²) in [5, 5.41) is 11.1. The average molecular weight is 239 g/mol. The molecule has 0 fully saturated rings. The van der Waals surface area contributed by atoms with Gasteiger partial charge in [-0.3, -0.25) is 5.32 Å². The number of amides is 1. The number of aromatic carboxylic acids is 1. The molecule has 2 N–H and O–H groups in total. The van der Waals surface area contributed by atoms with Crippen molar-refractivity contribution in [3.63, 3.8) is 0 Å². The number of carboxylic acid groups (broad SMARTS) is 1. The fourth-order valence-corrected chi connectivity index (χ4v) is 1.01. The lowest BCUT2D eigenvalue weighted by Crippen LogP contribution is -2.28. The molecular formula is C10H13N3O4. The summed E-state index contributed by atoms with van der Waals surface area (Å²) in [7, 11) is 0. The predicted octanol–water partition coefficient (Wildman–Crippen LogP) is 1.52. The minimum atomic E-state index is -1.25. The van der Waals surface area contributed by atoms with Gasteiger partial charge in [-0.1, -0.05) is 0 Å². The molecule has 7 heteroatoms. The lowest BCUT2D eigenvalue weighted by Gasteiger charge is -2.19. The van der Waals surface area contributed by atoms with Crippen LogP contribution in [0.25, 0.3) is 0 Å². The van der Waals surface area contributed by atoms with Crippen LogP contribution in [0.5, 0.6) is 0 Å². The molecule has 0 aliphatic heterocycles. The van der Waals surface area contributed by atoms with Crippen molar-refractivity contribution in [2.45, 2.75) is 26.4 Å². The minimum Gasteiger partial charge on any atom is -0.476 e. The number of aromatic nitrogens is 2. The second-order valence-corrected chi connectivity index (χ2v) is 4.22. The van der Waals surface area contributed by atoms with Crippen molar-refractivity contribution in [3.8, 4) is 0 Å². The molecule has 17 heavy (non-hydrogen) atoms. The summed E-state index contributed by atoms with van der Waals surface area (Å²) < 4.78 is 4.98. The fraction of sp³-hybridized carbons (Fsp3) is 0.400. The van der Waals surface area contributed by atoms with Crippen LogP contribution in [0.4, 0.5) is 10.5 Å². The van der Waals surface area contributed by atoms with E-state index in [9.17, 15) is 9.59 Å². The van der Waals surface area contributed by atoms with Gasteiger partial charge >= 0.3 is 12.1 Å². The van der Waals surface area contributed by atoms with E-state index >= 15 is 0 Å². The van der Waals surface area contributed by atoms with Crippen LogP contribution in [0.2, 0.25) is 0 Å². The van der Waals surface area contributed by atoms with E-state index in [-0.39, 0.29) is 11.4 Å². The lowest BCUT2D eigenvalue weighted by atomic mass is 10.2. The molecule has 0 saturated heterocycles. The molecule has 0 atom stereocenters. The molecule has 0 spiro atoms. The highest BCUT2D eigenvalue weighted by molar-refractivity contribution is 5.96. The second kappa shape index (κ2) is 4.77. The first-order chi connectivity index (χ1) is 7.79. The maximum absolute atomic E-state index is 11.4. The van der Waals surface area contributed by atoms with Crippen molar-refractivity contribution in [3.05, 3.63) is 18.2 Å². The van der Waals surface area contributed by atoms with Gasteiger partial charge in [-0.05, 0) is 20.8 Å². The molecule has 1 aromatic heterocycles. The van der Waals surface area contributed by atoms with Gasteiger partial charge in [0.25, 0.3) is 0 Å². The summed E-state index contributed by atoms with van der Waals surface area (Å²) in [6.07, 6.45) is 1.53. The Balaban J connectivity index is 2.82. The Labute approximate surface area is 97.8 Å². The highest BCUT2D eigenvalue weighted by Gasteiger charge is 2.19. The monoisotopic (exact) mass is 239 g/mol. The summed E-state index contributed by atoms with van der Waals surface area (Å²) in [4.78, 5) is 29.4. The van der Waals surface area contributed by atoms with Crippen molar-refractivity contribution in [2.75, 3.05) is 5.32 Å². The molecule has 1 rings (SSSR count). The summed E-state index contributed by atoms with van der Waals surface area (Å²) in [5.74, 6) is -1.25. The number of hydrogen-bond acceptors (Lipinski definition) is 5. The van der Waals surface area contributed by atoms with E-state index in [0.29, 0.717) is 0 Å². The normalized spacial score (nSPS) is 10.8. The minimum absolute atomic E-state index is 0.00532. The molecule has 0 aromatic carbocycles. The van der Waals surface area contributed by atoms with Crippen molar-refractivity contribution in [1.82, 2.24) is 9.97 Å². The number of carboxylic acids is 1. The van der Waals surface area contributed by atoms with Crippen LogP contribution in [0.1, 0.15) is 31.3 Å². The Bertz CT molecular complexity index is 439. The van der Waals surface area contributed by atoms with Crippen LogP contribution >= 0.6 is 0 Å². The van der Waals surface area contributed by atoms with E-state index in [1.807, 2.05) is 0 Å². The number of nitrogens with one attached hydrogen (secondary N) is 1. The van der Waals surface area contributed by atoms with E-state index in [2.05, 4.69) is 15.3 Å². The average Bonchev–Trinajstić information content (AvgIpc) is 2.14. The Kier molecular flexibility index (Phi) is 3.62. The predicted molar refractivity (Wildman–Crippen MR) is 58.8 cm³/mol. The third-order valence-electron chi connectivity index (χ3n) is 1.55. The lowest BCUT2D eigenvalue weighted by molar-refractivity contribution is 0.0636. The van der Waals surface area contributed by atoms with Crippen LogP contribution in [-0.4, -0.2) is 32.7 Å². The van der Waals surface area contributed by atoms with Gasteiger partial charge in [0.2, 0.25) is 0 Å². The Morgan fingerprint density at radius 3 is 2.59 bits per heavy atom. The van der Waals surface area contributed by atoms with Gasteiger partial charge in [-0.15, -0.1) is 0 Å². The Hall–Kier alpha value is -2.18. The molecule has 0 aliphatic carbocycles. The summed E-state index contributed by atoms with van der Waals surface area (Å²) in [6.45, 7) is 5.10. The zero-order chi connectivity index (χ0) is 13.1. The molecule has 0 radical (unpaired) electrons. The first kappa shape index (κ1) is 12.9. The molecule has 1 heterocycles. The van der Waals surface area contributed by atoms with Gasteiger partial charge in [-0.25, -0.2) is 19.6 Å². The van der Waals surface area contributed by atoms with Crippen LogP contribution in [-0.2, 0) is 4.74 Å². The number of rotatable bonds is 2. The number of nitrogens with zero attached hydrogens (tertiary/aromatic N) is 2. The molecule has 1 aromatic rings. The summed E-state index contributed by atoms with van der Waals surface area (Å²) in [5.41, 5.74) is -0.955. The molecular weight excluding hydrogens is 226 g/mol. The number of carbonyl (C=O) groups is 2. The Morgan fingerprint density at radius 1 is 1.41 bits per heavy atom. The van der Waals surface area contributed by atoms with Crippen LogP contribution in [0, 0.1) is 0 Å². The largest absolute Gasteiger partial charge is 0.476 e. The van der Waals surface area contributed by atoms with Crippen molar-refractivity contribution >= 4 is 17.7 Å². The first-order valence-electron chi connectivity index (χ1n) is 4.83. The fourth-order valence-electron chi connectivity index (χ4n) is 1.01. The first-order valence-corrected chi connectivity index (χ1v) is 4.83. The SMILES string of the molecule is CC(C)(C)OC(=O)Nc1cncnc1C(=O)O. The maximum Gasteiger partial charge on any atom is 0.412 e. The molecule has 0 unspecified atom stereocenters. The Morgan fingerprint density at radius 2 is 2.06 bits per heavy atom. The standard InChI is InChI=1S/C10H13N3O4/c1-10(2,3)17-9(16)13-6-4-11-5-12-7(6)8(14)15/h4-5H,1-3H3,(H,13,16)(H,14,15). The molecule has 7 nitrogen and oxygen atoms in total. The number of carbonyl (C=O) groups excluding carboxylic acids is 1. The van der Waals surface area contributed by atoms with Crippen LogP contribution in [0.3, 0.4) is 0 Å². The second-order valence-electron chi connectivity index (χ2n) is 4.22. The van der Waals surface area contributed by atoms with Crippen molar-refractivity contribution in [1.29, 1.82) is 0 Å². The van der Waals surface area contributed by atoms with E-state index in [1.54, 1.807) is 20.8 Å². The van der Waals surface area contributed by atoms with Gasteiger partial charge < -0.3 is 9.84 Å². The van der Waals surface area contributed by atoms with E-state index in [0.717, 1.165) is 6.33 Å². The quantitative estimate of drug-likeness (QED) is 0.811. The smallest absolute Gasteiger partial charge is 0.412 e. The third-order valence-corrected chi connectivity index (χ3v) is 1.55. The third kappa shape index (κ3) is 4.06. The van der Waals surface area contributed by atoms with Gasteiger partial charge in [0, 0.05) is 0 Å². The van der Waals surface area contributed by atoms with Crippen molar-refractivity contribution < 1.29 is 19.4 Å². The molecule has 1 amide bonds. The van der Waals surface area contributed by atoms with E-state index in [1.165, 1.54) is 6.20 Å². The number of hydrogen-bond donors (Lipinski definition) is 2. The number of anilines is 1. The van der Waals surface area contributed by atoms with Gasteiger partial charge in [0.1, 0.15) is 11.9 Å².